The fourth-order valence-electron chi connectivity index (χ4n) is 2.03. The van der Waals surface area contributed by atoms with E-state index in [0.717, 1.165) is 5.56 Å². The Balaban J connectivity index is 2.06. The number of carbonyl (C=O) groups excluding carboxylic acids is 1. The van der Waals surface area contributed by atoms with Crippen LogP contribution in [-0.4, -0.2) is 11.9 Å². The molecule has 0 aliphatic rings. The molecule has 1 unspecified atom stereocenters. The Morgan fingerprint density at radius 3 is 2.71 bits per heavy atom. The highest BCUT2D eigenvalue weighted by molar-refractivity contribution is 9.10. The lowest BCUT2D eigenvalue weighted by molar-refractivity contribution is 0.0939. The van der Waals surface area contributed by atoms with E-state index in [0.29, 0.717) is 11.4 Å². The zero-order chi connectivity index (χ0) is 15.4. The van der Waals surface area contributed by atoms with Crippen LogP contribution in [0.4, 0.5) is 4.39 Å². The molecule has 0 aliphatic carbocycles. The molecule has 5 heteroatoms. The predicted molar refractivity (Wildman–Crippen MR) is 86.2 cm³/mol. The molecule has 0 fully saturated rings. The molecule has 21 heavy (non-hydrogen) atoms. The summed E-state index contributed by atoms with van der Waals surface area (Å²) in [5.74, 6) is -0.776. The number of carbonyl (C=O) groups is 1. The minimum atomic E-state index is -0.457. The number of benzene rings is 2. The molecule has 0 saturated heterocycles. The SMILES string of the molecule is CC(Cc1ccccc1Cl)NC(=O)c1cccc(F)c1Br. The van der Waals surface area contributed by atoms with Crippen molar-refractivity contribution in [3.63, 3.8) is 0 Å². The predicted octanol–water partition coefficient (Wildman–Crippen LogP) is 4.60. The summed E-state index contributed by atoms with van der Waals surface area (Å²) in [4.78, 5) is 12.2. The largest absolute Gasteiger partial charge is 0.349 e. The third kappa shape index (κ3) is 4.05. The molecule has 1 atom stereocenters. The van der Waals surface area contributed by atoms with E-state index in [1.807, 2.05) is 31.2 Å². The summed E-state index contributed by atoms with van der Waals surface area (Å²) in [5.41, 5.74) is 1.24. The number of rotatable bonds is 4. The van der Waals surface area contributed by atoms with Crippen molar-refractivity contribution in [3.05, 3.63) is 68.9 Å². The lowest BCUT2D eigenvalue weighted by Gasteiger charge is -2.15. The molecule has 0 radical (unpaired) electrons. The zero-order valence-electron chi connectivity index (χ0n) is 11.4. The average molecular weight is 371 g/mol. The van der Waals surface area contributed by atoms with Gasteiger partial charge in [-0.25, -0.2) is 4.39 Å². The van der Waals surface area contributed by atoms with Gasteiger partial charge < -0.3 is 5.32 Å². The third-order valence-electron chi connectivity index (χ3n) is 3.06. The van der Waals surface area contributed by atoms with Crippen LogP contribution in [0, 0.1) is 5.82 Å². The number of amides is 1. The summed E-state index contributed by atoms with van der Waals surface area (Å²) >= 11 is 9.19. The Hall–Kier alpha value is -1.39. The molecule has 0 aliphatic heterocycles. The van der Waals surface area contributed by atoms with Crippen LogP contribution < -0.4 is 5.32 Å². The average Bonchev–Trinajstić information content (AvgIpc) is 2.44. The third-order valence-corrected chi connectivity index (χ3v) is 4.23. The van der Waals surface area contributed by atoms with E-state index in [1.54, 1.807) is 6.07 Å². The molecule has 110 valence electrons. The Bertz CT molecular complexity index is 662. The van der Waals surface area contributed by atoms with Gasteiger partial charge in [0.25, 0.3) is 5.91 Å². The van der Waals surface area contributed by atoms with Gasteiger partial charge in [0, 0.05) is 11.1 Å². The Morgan fingerprint density at radius 2 is 2.00 bits per heavy atom. The van der Waals surface area contributed by atoms with Gasteiger partial charge in [0.05, 0.1) is 10.0 Å². The van der Waals surface area contributed by atoms with Crippen molar-refractivity contribution >= 4 is 33.4 Å². The van der Waals surface area contributed by atoms with E-state index in [1.165, 1.54) is 12.1 Å². The topological polar surface area (TPSA) is 29.1 Å². The van der Waals surface area contributed by atoms with Gasteiger partial charge >= 0.3 is 0 Å². The molecule has 2 aromatic carbocycles. The number of nitrogens with one attached hydrogen (secondary N) is 1. The van der Waals surface area contributed by atoms with Gasteiger partial charge in [-0.2, -0.15) is 0 Å². The lowest BCUT2D eigenvalue weighted by atomic mass is 10.1. The first-order valence-electron chi connectivity index (χ1n) is 6.47. The van der Waals surface area contributed by atoms with Gasteiger partial charge in [0.2, 0.25) is 0 Å². The highest BCUT2D eigenvalue weighted by Crippen LogP contribution is 2.21. The zero-order valence-corrected chi connectivity index (χ0v) is 13.7. The van der Waals surface area contributed by atoms with Gasteiger partial charge in [0.1, 0.15) is 5.82 Å². The summed E-state index contributed by atoms with van der Waals surface area (Å²) in [6.07, 6.45) is 0.609. The first-order valence-corrected chi connectivity index (χ1v) is 7.64. The monoisotopic (exact) mass is 369 g/mol. The van der Waals surface area contributed by atoms with E-state index in [4.69, 9.17) is 11.6 Å². The standard InChI is InChI=1S/C16H14BrClFNO/c1-10(9-11-5-2-3-7-13(11)18)20-16(21)12-6-4-8-14(19)15(12)17/h2-8,10H,9H2,1H3,(H,20,21). The highest BCUT2D eigenvalue weighted by atomic mass is 79.9. The lowest BCUT2D eigenvalue weighted by Crippen LogP contribution is -2.34. The van der Waals surface area contributed by atoms with E-state index < -0.39 is 5.82 Å². The molecule has 2 nitrogen and oxygen atoms in total. The van der Waals surface area contributed by atoms with Gasteiger partial charge in [-0.15, -0.1) is 0 Å². The smallest absolute Gasteiger partial charge is 0.252 e. The normalized spacial score (nSPS) is 12.0. The van der Waals surface area contributed by atoms with E-state index in [9.17, 15) is 9.18 Å². The van der Waals surface area contributed by atoms with Crippen LogP contribution in [0.25, 0.3) is 0 Å². The van der Waals surface area contributed by atoms with E-state index in [2.05, 4.69) is 21.2 Å². The molecule has 1 N–H and O–H groups in total. The first-order chi connectivity index (χ1) is 9.99. The molecule has 0 bridgehead atoms. The van der Waals surface area contributed by atoms with Crippen molar-refractivity contribution in [2.75, 3.05) is 0 Å². The van der Waals surface area contributed by atoms with E-state index >= 15 is 0 Å². The van der Waals surface area contributed by atoms with Crippen LogP contribution in [0.3, 0.4) is 0 Å². The molecule has 1 amide bonds. The highest BCUT2D eigenvalue weighted by Gasteiger charge is 2.15. The summed E-state index contributed by atoms with van der Waals surface area (Å²) in [5, 5.41) is 3.52. The van der Waals surface area contributed by atoms with Crippen molar-refractivity contribution in [1.29, 1.82) is 0 Å². The molecule has 2 aromatic rings. The van der Waals surface area contributed by atoms with Crippen molar-refractivity contribution in [1.82, 2.24) is 5.32 Å². The van der Waals surface area contributed by atoms with Crippen molar-refractivity contribution in [2.24, 2.45) is 0 Å². The molecule has 0 saturated carbocycles. The summed E-state index contributed by atoms with van der Waals surface area (Å²) < 4.78 is 13.6. The number of hydrogen-bond donors (Lipinski definition) is 1. The number of halogens is 3. The van der Waals surface area contributed by atoms with Crippen LogP contribution in [0.15, 0.2) is 46.9 Å². The summed E-state index contributed by atoms with van der Waals surface area (Å²) in [7, 11) is 0. The van der Waals surface area contributed by atoms with Gasteiger partial charge in [-0.3, -0.25) is 4.79 Å². The second kappa shape index (κ2) is 7.05. The molecular formula is C16H14BrClFNO. The van der Waals surface area contributed by atoms with Gasteiger partial charge in [0.15, 0.2) is 0 Å². The van der Waals surface area contributed by atoms with Crippen molar-refractivity contribution in [3.8, 4) is 0 Å². The second-order valence-electron chi connectivity index (χ2n) is 4.77. The Labute approximate surface area is 136 Å². The minimum absolute atomic E-state index is 0.118. The van der Waals surface area contributed by atoms with Crippen LogP contribution in [0.1, 0.15) is 22.8 Å². The summed E-state index contributed by atoms with van der Waals surface area (Å²) in [6, 6.07) is 11.8. The molecule has 0 heterocycles. The van der Waals surface area contributed by atoms with Crippen LogP contribution in [0.2, 0.25) is 5.02 Å². The molecule has 0 aromatic heterocycles. The van der Waals surface area contributed by atoms with Gasteiger partial charge in [-0.05, 0) is 53.0 Å². The van der Waals surface area contributed by atoms with Crippen molar-refractivity contribution in [2.45, 2.75) is 19.4 Å². The maximum absolute atomic E-state index is 13.4. The maximum Gasteiger partial charge on any atom is 0.252 e. The molecule has 0 spiro atoms. The molecular weight excluding hydrogens is 357 g/mol. The molecule has 2 rings (SSSR count). The van der Waals surface area contributed by atoms with Crippen LogP contribution >= 0.6 is 27.5 Å². The quantitative estimate of drug-likeness (QED) is 0.837. The Kier molecular flexibility index (Phi) is 5.37. The fraction of sp³-hybridized carbons (Fsp3) is 0.188. The van der Waals surface area contributed by atoms with Crippen LogP contribution in [-0.2, 0) is 6.42 Å². The van der Waals surface area contributed by atoms with E-state index in [-0.39, 0.29) is 22.0 Å². The fourth-order valence-corrected chi connectivity index (χ4v) is 2.68. The van der Waals surface area contributed by atoms with Crippen LogP contribution in [0.5, 0.6) is 0 Å². The first kappa shape index (κ1) is 16.0. The summed E-state index contributed by atoms with van der Waals surface area (Å²) in [6.45, 7) is 1.88. The second-order valence-corrected chi connectivity index (χ2v) is 5.97. The Morgan fingerprint density at radius 1 is 1.29 bits per heavy atom. The number of hydrogen-bond acceptors (Lipinski definition) is 1. The van der Waals surface area contributed by atoms with Gasteiger partial charge in [-0.1, -0.05) is 35.9 Å². The maximum atomic E-state index is 13.4. The van der Waals surface area contributed by atoms with Crippen molar-refractivity contribution < 1.29 is 9.18 Å². The minimum Gasteiger partial charge on any atom is -0.349 e.